The molecule has 0 atom stereocenters. The minimum Gasteiger partial charge on any atom is -0.352 e. The third kappa shape index (κ3) is 6.24. The Hall–Kier alpha value is -2.82. The molecule has 2 rings (SSSR count). The van der Waals surface area contributed by atoms with Gasteiger partial charge in [0.05, 0.1) is 0 Å². The topological polar surface area (TPSA) is 70.2 Å². The fraction of sp³-hybridized carbons (Fsp3) is 0.333. The zero-order valence-corrected chi connectivity index (χ0v) is 15.5. The lowest BCUT2D eigenvalue weighted by Gasteiger charge is -2.09. The summed E-state index contributed by atoms with van der Waals surface area (Å²) in [4.78, 5) is 24.0. The highest BCUT2D eigenvalue weighted by molar-refractivity contribution is 5.94. The largest absolute Gasteiger partial charge is 0.352 e. The molecule has 0 bridgehead atoms. The molecule has 0 unspecified atom stereocenters. The van der Waals surface area contributed by atoms with Crippen LogP contribution in [0.1, 0.15) is 47.3 Å². The molecule has 5 heteroatoms. The van der Waals surface area contributed by atoms with Gasteiger partial charge in [0.15, 0.2) is 0 Å². The number of benzene rings is 2. The minimum atomic E-state index is -0.231. The van der Waals surface area contributed by atoms with Gasteiger partial charge in [-0.15, -0.1) is 0 Å². The van der Waals surface area contributed by atoms with Gasteiger partial charge in [-0.05, 0) is 41.7 Å². The van der Waals surface area contributed by atoms with Gasteiger partial charge >= 0.3 is 6.03 Å². The second kappa shape index (κ2) is 10.2. The number of hydrogen-bond donors (Lipinski definition) is 3. The van der Waals surface area contributed by atoms with Gasteiger partial charge in [-0.1, -0.05) is 50.2 Å². The fourth-order valence-electron chi connectivity index (χ4n) is 2.48. The van der Waals surface area contributed by atoms with Crippen molar-refractivity contribution in [1.82, 2.24) is 16.0 Å². The van der Waals surface area contributed by atoms with Crippen LogP contribution in [0.25, 0.3) is 0 Å². The molecule has 2 aromatic rings. The highest BCUT2D eigenvalue weighted by Gasteiger charge is 2.06. The molecule has 0 spiro atoms. The van der Waals surface area contributed by atoms with Gasteiger partial charge in [-0.25, -0.2) is 4.79 Å². The molecule has 2 aromatic carbocycles. The standard InChI is InChI=1S/C21H27N3O2/c1-3-12-22-20(25)19-7-5-6-18(13-19)15-24-21(26)23-14-17-10-8-16(4-2)9-11-17/h5-11,13H,3-4,12,14-15H2,1-2H3,(H,22,25)(H2,23,24,26). The van der Waals surface area contributed by atoms with Gasteiger partial charge in [-0.2, -0.15) is 0 Å². The average Bonchev–Trinajstić information content (AvgIpc) is 2.69. The lowest BCUT2D eigenvalue weighted by Crippen LogP contribution is -2.34. The lowest BCUT2D eigenvalue weighted by molar-refractivity contribution is 0.0953. The maximum Gasteiger partial charge on any atom is 0.315 e. The van der Waals surface area contributed by atoms with Crippen LogP contribution >= 0.6 is 0 Å². The second-order valence-corrected chi connectivity index (χ2v) is 6.16. The number of urea groups is 1. The van der Waals surface area contributed by atoms with E-state index in [0.717, 1.165) is 24.0 Å². The molecule has 0 aliphatic heterocycles. The number of carbonyl (C=O) groups is 2. The van der Waals surface area contributed by atoms with Crippen LogP contribution in [0.3, 0.4) is 0 Å². The van der Waals surface area contributed by atoms with Crippen molar-refractivity contribution in [2.75, 3.05) is 6.54 Å². The number of nitrogens with one attached hydrogen (secondary N) is 3. The molecule has 0 aliphatic rings. The maximum atomic E-state index is 12.0. The van der Waals surface area contributed by atoms with Crippen molar-refractivity contribution >= 4 is 11.9 Å². The van der Waals surface area contributed by atoms with Gasteiger partial charge in [0, 0.05) is 25.2 Å². The molecule has 138 valence electrons. The summed E-state index contributed by atoms with van der Waals surface area (Å²) in [6, 6.07) is 15.3. The van der Waals surface area contributed by atoms with E-state index in [-0.39, 0.29) is 11.9 Å². The number of rotatable bonds is 8. The molecule has 26 heavy (non-hydrogen) atoms. The summed E-state index contributed by atoms with van der Waals surface area (Å²) in [5.74, 6) is -0.0892. The first-order valence-electron chi connectivity index (χ1n) is 9.09. The summed E-state index contributed by atoms with van der Waals surface area (Å²) in [6.45, 7) is 5.63. The molecular formula is C21H27N3O2. The minimum absolute atomic E-state index is 0.0892. The Kier molecular flexibility index (Phi) is 7.68. The highest BCUT2D eigenvalue weighted by Crippen LogP contribution is 2.06. The first-order chi connectivity index (χ1) is 12.6. The molecule has 0 heterocycles. The Morgan fingerprint density at radius 3 is 2.12 bits per heavy atom. The van der Waals surface area contributed by atoms with Crippen LogP contribution in [0.15, 0.2) is 48.5 Å². The highest BCUT2D eigenvalue weighted by atomic mass is 16.2. The van der Waals surface area contributed by atoms with Crippen LogP contribution in [-0.2, 0) is 19.5 Å². The summed E-state index contributed by atoms with van der Waals surface area (Å²) in [5.41, 5.74) is 3.83. The molecule has 5 nitrogen and oxygen atoms in total. The molecule has 3 N–H and O–H groups in total. The lowest BCUT2D eigenvalue weighted by atomic mass is 10.1. The van der Waals surface area contributed by atoms with E-state index in [9.17, 15) is 9.59 Å². The van der Waals surface area contributed by atoms with Crippen molar-refractivity contribution in [3.05, 3.63) is 70.8 Å². The van der Waals surface area contributed by atoms with Gasteiger partial charge < -0.3 is 16.0 Å². The zero-order valence-electron chi connectivity index (χ0n) is 15.5. The third-order valence-electron chi connectivity index (χ3n) is 4.06. The van der Waals surface area contributed by atoms with Crippen LogP contribution in [-0.4, -0.2) is 18.5 Å². The molecule has 0 fully saturated rings. The molecule has 0 radical (unpaired) electrons. The van der Waals surface area contributed by atoms with Gasteiger partial charge in [0.25, 0.3) is 5.91 Å². The Labute approximate surface area is 155 Å². The zero-order chi connectivity index (χ0) is 18.8. The molecule has 0 aliphatic carbocycles. The summed E-state index contributed by atoms with van der Waals surface area (Å²) in [7, 11) is 0. The normalized spacial score (nSPS) is 10.2. The van der Waals surface area contributed by atoms with E-state index < -0.39 is 0 Å². The van der Waals surface area contributed by atoms with E-state index in [1.54, 1.807) is 12.1 Å². The predicted octanol–water partition coefficient (Wildman–Crippen LogP) is 3.39. The summed E-state index contributed by atoms with van der Waals surface area (Å²) in [5, 5.41) is 8.51. The van der Waals surface area contributed by atoms with Crippen molar-refractivity contribution < 1.29 is 9.59 Å². The second-order valence-electron chi connectivity index (χ2n) is 6.16. The van der Waals surface area contributed by atoms with E-state index in [1.165, 1.54) is 5.56 Å². The van der Waals surface area contributed by atoms with Crippen LogP contribution < -0.4 is 16.0 Å². The molecule has 0 aromatic heterocycles. The van der Waals surface area contributed by atoms with E-state index in [0.29, 0.717) is 25.2 Å². The Morgan fingerprint density at radius 2 is 1.46 bits per heavy atom. The summed E-state index contributed by atoms with van der Waals surface area (Å²) in [6.07, 6.45) is 1.90. The van der Waals surface area contributed by atoms with Crippen molar-refractivity contribution in [3.8, 4) is 0 Å². The van der Waals surface area contributed by atoms with Gasteiger partial charge in [0.1, 0.15) is 0 Å². The van der Waals surface area contributed by atoms with Crippen molar-refractivity contribution in [2.24, 2.45) is 0 Å². The SMILES string of the molecule is CCCNC(=O)c1cccc(CNC(=O)NCc2ccc(CC)cc2)c1. The fourth-order valence-corrected chi connectivity index (χ4v) is 2.48. The smallest absolute Gasteiger partial charge is 0.315 e. The molecule has 3 amide bonds. The quantitative estimate of drug-likeness (QED) is 0.681. The predicted molar refractivity (Wildman–Crippen MR) is 104 cm³/mol. The van der Waals surface area contributed by atoms with Gasteiger partial charge in [-0.3, -0.25) is 4.79 Å². The first kappa shape index (κ1) is 19.5. The monoisotopic (exact) mass is 353 g/mol. The molecule has 0 saturated carbocycles. The third-order valence-corrected chi connectivity index (χ3v) is 4.06. The summed E-state index contributed by atoms with van der Waals surface area (Å²) < 4.78 is 0. The van der Waals surface area contributed by atoms with Crippen molar-refractivity contribution in [2.45, 2.75) is 39.8 Å². The van der Waals surface area contributed by atoms with Crippen LogP contribution in [0, 0.1) is 0 Å². The Balaban J connectivity index is 1.80. The first-order valence-corrected chi connectivity index (χ1v) is 9.09. The maximum absolute atomic E-state index is 12.0. The van der Waals surface area contributed by atoms with Crippen molar-refractivity contribution in [3.63, 3.8) is 0 Å². The molecule has 0 saturated heterocycles. The van der Waals surface area contributed by atoms with E-state index in [2.05, 4.69) is 35.0 Å². The Bertz CT molecular complexity index is 726. The van der Waals surface area contributed by atoms with Crippen LogP contribution in [0.4, 0.5) is 4.79 Å². The van der Waals surface area contributed by atoms with Gasteiger partial charge in [0.2, 0.25) is 0 Å². The van der Waals surface area contributed by atoms with E-state index in [4.69, 9.17) is 0 Å². The van der Waals surface area contributed by atoms with Crippen molar-refractivity contribution in [1.29, 1.82) is 0 Å². The number of hydrogen-bond acceptors (Lipinski definition) is 2. The number of amides is 3. The number of aryl methyl sites for hydroxylation is 1. The van der Waals surface area contributed by atoms with E-state index >= 15 is 0 Å². The van der Waals surface area contributed by atoms with E-state index in [1.807, 2.05) is 31.2 Å². The van der Waals surface area contributed by atoms with Crippen LogP contribution in [0.5, 0.6) is 0 Å². The molecular weight excluding hydrogens is 326 g/mol. The Morgan fingerprint density at radius 1 is 0.808 bits per heavy atom. The number of carbonyl (C=O) groups excluding carboxylic acids is 2. The average molecular weight is 353 g/mol. The summed E-state index contributed by atoms with van der Waals surface area (Å²) >= 11 is 0. The van der Waals surface area contributed by atoms with Crippen LogP contribution in [0.2, 0.25) is 0 Å².